The molecule has 1 saturated heterocycles. The molecule has 0 N–H and O–H groups in total. The Balaban J connectivity index is 1.73. The zero-order valence-electron chi connectivity index (χ0n) is 26.3. The predicted molar refractivity (Wildman–Crippen MR) is 169 cm³/mol. The van der Waals surface area contributed by atoms with Gasteiger partial charge in [-0.2, -0.15) is 5.26 Å². The van der Waals surface area contributed by atoms with E-state index in [4.69, 9.17) is 23.8 Å². The molecule has 1 aliphatic heterocycles. The average Bonchev–Trinajstić information content (AvgIpc) is 3.30. The summed E-state index contributed by atoms with van der Waals surface area (Å²) in [4.78, 5) is 49.0. The molecule has 2 unspecified atom stereocenters. The quantitative estimate of drug-likeness (QED) is 0.0947. The van der Waals surface area contributed by atoms with Crippen LogP contribution in [0.4, 0.5) is 0 Å². The molecule has 1 fully saturated rings. The van der Waals surface area contributed by atoms with Gasteiger partial charge in [-0.05, 0) is 64.1 Å². The Morgan fingerprint density at radius 1 is 0.848 bits per heavy atom. The van der Waals surface area contributed by atoms with Gasteiger partial charge in [0.2, 0.25) is 0 Å². The fourth-order valence-corrected chi connectivity index (χ4v) is 4.76. The van der Waals surface area contributed by atoms with Crippen molar-refractivity contribution >= 4 is 29.8 Å². The Morgan fingerprint density at radius 3 is 1.85 bits per heavy atom. The second-order valence-electron chi connectivity index (χ2n) is 11.0. The van der Waals surface area contributed by atoms with Gasteiger partial charge in [0.05, 0.1) is 16.7 Å². The number of nitriles is 1. The van der Waals surface area contributed by atoms with E-state index in [-0.39, 0.29) is 23.4 Å². The van der Waals surface area contributed by atoms with Crippen LogP contribution >= 0.6 is 0 Å². The second-order valence-corrected chi connectivity index (χ2v) is 11.0. The summed E-state index contributed by atoms with van der Waals surface area (Å²) in [5.74, 6) is -2.15. The van der Waals surface area contributed by atoms with Gasteiger partial charge in [0.15, 0.2) is 30.1 Å². The van der Waals surface area contributed by atoms with Crippen LogP contribution in [-0.4, -0.2) is 74.0 Å². The van der Waals surface area contributed by atoms with E-state index in [2.05, 4.69) is 10.1 Å². The molecule has 0 spiro atoms. The summed E-state index contributed by atoms with van der Waals surface area (Å²) in [7, 11) is 1.55. The number of aryl methyl sites for hydroxylation is 3. The van der Waals surface area contributed by atoms with Crippen LogP contribution in [0.1, 0.15) is 54.7 Å². The average molecular weight is 626 g/mol. The highest BCUT2D eigenvalue weighted by Gasteiger charge is 2.61. The molecule has 0 amide bonds. The van der Waals surface area contributed by atoms with Crippen molar-refractivity contribution in [2.24, 2.45) is 10.1 Å². The van der Waals surface area contributed by atoms with E-state index in [1.165, 1.54) is 13.1 Å². The molecular formula is C35H35N3O8. The maximum atomic E-state index is 13.5. The molecule has 0 aliphatic carbocycles. The fraction of sp³-hybridized carbons (Fsp3) is 0.314. The lowest BCUT2D eigenvalue weighted by Gasteiger charge is -2.33. The summed E-state index contributed by atoms with van der Waals surface area (Å²) >= 11 is 0. The first-order valence-corrected chi connectivity index (χ1v) is 14.5. The molecule has 4 atom stereocenters. The zero-order valence-corrected chi connectivity index (χ0v) is 26.3. The molecule has 11 heteroatoms. The lowest BCUT2D eigenvalue weighted by molar-refractivity contribution is -0.0794. The molecule has 3 aromatic rings. The van der Waals surface area contributed by atoms with E-state index < -0.39 is 48.4 Å². The predicted octanol–water partition coefficient (Wildman–Crippen LogP) is 4.97. The summed E-state index contributed by atoms with van der Waals surface area (Å²) in [6.07, 6.45) is -2.49. The van der Waals surface area contributed by atoms with Crippen LogP contribution in [0, 0.1) is 32.1 Å². The van der Waals surface area contributed by atoms with Gasteiger partial charge in [-0.25, -0.2) is 14.4 Å². The molecule has 11 nitrogen and oxygen atoms in total. The van der Waals surface area contributed by atoms with Crippen molar-refractivity contribution in [3.8, 4) is 6.07 Å². The van der Waals surface area contributed by atoms with E-state index in [9.17, 15) is 19.6 Å². The Labute approximate surface area is 267 Å². The third-order valence-corrected chi connectivity index (χ3v) is 7.38. The lowest BCUT2D eigenvalue weighted by atomic mass is 9.89. The van der Waals surface area contributed by atoms with Crippen molar-refractivity contribution in [1.29, 1.82) is 5.26 Å². The number of hydrogen-bond donors (Lipinski definition) is 0. The van der Waals surface area contributed by atoms with E-state index in [1.54, 1.807) is 79.8 Å². The molecule has 0 aromatic heterocycles. The maximum absolute atomic E-state index is 13.5. The highest BCUT2D eigenvalue weighted by molar-refractivity contribution is 6.03. The van der Waals surface area contributed by atoms with Gasteiger partial charge in [-0.3, -0.25) is 4.99 Å². The first-order chi connectivity index (χ1) is 22.0. The molecular weight excluding hydrogens is 590 g/mol. The number of benzene rings is 3. The highest BCUT2D eigenvalue weighted by atomic mass is 16.7. The van der Waals surface area contributed by atoms with Crippen LogP contribution in [0.2, 0.25) is 0 Å². The Hall–Kier alpha value is -5.34. The number of ether oxygens (including phenoxy) is 4. The van der Waals surface area contributed by atoms with E-state index in [1.807, 2.05) is 26.8 Å². The SMILES string of the molecule is CN=CCO/N=C(\C#N)[C@H]1OC(COC(=O)c2ccc(C)cc2)C(OC(=O)c2ccc(C)cc2)[C@@]1(C)OC(=O)c1ccc(C)cc1. The zero-order chi connectivity index (χ0) is 33.3. The van der Waals surface area contributed by atoms with Crippen LogP contribution in [-0.2, 0) is 23.8 Å². The minimum absolute atomic E-state index is 0.0440. The number of esters is 3. The van der Waals surface area contributed by atoms with Gasteiger partial charge in [-0.1, -0.05) is 58.2 Å². The van der Waals surface area contributed by atoms with Crippen molar-refractivity contribution in [3.63, 3.8) is 0 Å². The van der Waals surface area contributed by atoms with Crippen molar-refractivity contribution in [3.05, 3.63) is 106 Å². The number of carbonyl (C=O) groups is 3. The molecule has 1 aliphatic rings. The Bertz CT molecular complexity index is 1640. The number of rotatable bonds is 11. The van der Waals surface area contributed by atoms with Crippen molar-refractivity contribution in [2.45, 2.75) is 51.6 Å². The molecule has 0 bridgehead atoms. The van der Waals surface area contributed by atoms with Crippen molar-refractivity contribution in [1.82, 2.24) is 0 Å². The van der Waals surface area contributed by atoms with Crippen molar-refractivity contribution < 1.29 is 38.2 Å². The second kappa shape index (κ2) is 15.1. The van der Waals surface area contributed by atoms with E-state index >= 15 is 0 Å². The van der Waals surface area contributed by atoms with Gasteiger partial charge in [0.25, 0.3) is 0 Å². The Morgan fingerprint density at radius 2 is 1.35 bits per heavy atom. The van der Waals surface area contributed by atoms with Gasteiger partial charge in [-0.15, -0.1) is 0 Å². The monoisotopic (exact) mass is 625 g/mol. The molecule has 1 heterocycles. The number of hydrogen-bond acceptors (Lipinski definition) is 11. The van der Waals surface area contributed by atoms with Crippen LogP contribution in [0.15, 0.2) is 82.9 Å². The van der Waals surface area contributed by atoms with Crippen LogP contribution in [0.3, 0.4) is 0 Å². The molecule has 3 aromatic carbocycles. The lowest BCUT2D eigenvalue weighted by Crippen LogP contribution is -2.54. The smallest absolute Gasteiger partial charge is 0.338 e. The van der Waals surface area contributed by atoms with E-state index in [0.29, 0.717) is 5.56 Å². The van der Waals surface area contributed by atoms with Crippen molar-refractivity contribution in [2.75, 3.05) is 20.3 Å². The minimum atomic E-state index is -1.83. The molecule has 46 heavy (non-hydrogen) atoms. The van der Waals surface area contributed by atoms with E-state index in [0.717, 1.165) is 16.7 Å². The Kier molecular flexibility index (Phi) is 11.0. The summed E-state index contributed by atoms with van der Waals surface area (Å²) in [6.45, 7) is 6.66. The topological polar surface area (TPSA) is 146 Å². The number of oxime groups is 1. The number of nitrogens with zero attached hydrogens (tertiary/aromatic N) is 3. The number of aliphatic imine (C=N–C) groups is 1. The molecule has 4 rings (SSSR count). The van der Waals surface area contributed by atoms with Crippen LogP contribution < -0.4 is 0 Å². The molecule has 0 radical (unpaired) electrons. The van der Waals surface area contributed by atoms with Gasteiger partial charge < -0.3 is 23.8 Å². The summed E-state index contributed by atoms with van der Waals surface area (Å²) < 4.78 is 23.8. The van der Waals surface area contributed by atoms with Gasteiger partial charge in [0.1, 0.15) is 18.8 Å². The third-order valence-electron chi connectivity index (χ3n) is 7.38. The highest BCUT2D eigenvalue weighted by Crippen LogP contribution is 2.39. The first kappa shape index (κ1) is 33.6. The third kappa shape index (κ3) is 8.02. The van der Waals surface area contributed by atoms with Gasteiger partial charge >= 0.3 is 17.9 Å². The van der Waals surface area contributed by atoms with Crippen LogP contribution in [0.25, 0.3) is 0 Å². The maximum Gasteiger partial charge on any atom is 0.338 e. The normalized spacial score (nSPS) is 21.0. The minimum Gasteiger partial charge on any atom is -0.459 e. The van der Waals surface area contributed by atoms with Crippen LogP contribution in [0.5, 0.6) is 0 Å². The summed E-state index contributed by atoms with van der Waals surface area (Å²) in [6, 6.07) is 22.1. The fourth-order valence-electron chi connectivity index (χ4n) is 4.76. The van der Waals surface area contributed by atoms with Gasteiger partial charge in [0, 0.05) is 13.3 Å². The standard InChI is InChI=1S/C35H35N3O8/c1-22-6-12-25(13-7-22)32(39)42-21-29-31(45-33(40)26-14-8-23(2)9-15-26)35(4,46-34(41)27-16-10-24(3)11-17-27)30(44-29)28(20-36)38-43-19-18-37-5/h6-18,29-31H,19,21H2,1-5H3/b37-18?,38-28+/t29?,30-,31?,35+/m1/s1. The molecule has 238 valence electrons. The summed E-state index contributed by atoms with van der Waals surface area (Å²) in [5.41, 5.74) is 1.43. The summed E-state index contributed by atoms with van der Waals surface area (Å²) in [5, 5.41) is 14.0. The number of carbonyl (C=O) groups excluding carboxylic acids is 3. The first-order valence-electron chi connectivity index (χ1n) is 14.5. The largest absolute Gasteiger partial charge is 0.459 e. The molecule has 0 saturated carbocycles.